The van der Waals surface area contributed by atoms with Crippen molar-refractivity contribution in [2.24, 2.45) is 0 Å². The Morgan fingerprint density at radius 1 is 1.33 bits per heavy atom. The van der Waals surface area contributed by atoms with Crippen molar-refractivity contribution < 1.29 is 22.3 Å². The van der Waals surface area contributed by atoms with Crippen LogP contribution in [0.1, 0.15) is 18.5 Å². The molecule has 1 rings (SSSR count). The van der Waals surface area contributed by atoms with E-state index in [4.69, 9.17) is 4.74 Å². The van der Waals surface area contributed by atoms with Gasteiger partial charge >= 0.3 is 12.3 Å². The maximum Gasteiger partial charge on any atom is 0.340 e. The van der Waals surface area contributed by atoms with Gasteiger partial charge in [0, 0.05) is 6.04 Å². The van der Waals surface area contributed by atoms with Gasteiger partial charge in [0.25, 0.3) is 0 Å². The van der Waals surface area contributed by atoms with E-state index < -0.39 is 19.0 Å². The number of hydrogen-bond acceptors (Lipinski definition) is 2. The Kier molecular flexibility index (Phi) is 4.95. The molecule has 2 nitrogen and oxygen atoms in total. The lowest BCUT2D eigenvalue weighted by atomic mass is 10.1. The molecule has 6 heteroatoms. The third-order valence-corrected chi connectivity index (χ3v) is 2.54. The van der Waals surface area contributed by atoms with Gasteiger partial charge < -0.3 is 10.1 Å². The first-order chi connectivity index (χ1) is 8.36. The molecular weight excluding hydrogens is 250 g/mol. The van der Waals surface area contributed by atoms with Gasteiger partial charge in [-0.15, -0.1) is 0 Å². The molecule has 0 radical (unpaired) electrons. The van der Waals surface area contributed by atoms with E-state index in [1.165, 1.54) is 6.07 Å². The highest BCUT2D eigenvalue weighted by Gasteiger charge is 2.41. The Labute approximate surface area is 103 Å². The average Bonchev–Trinajstić information content (AvgIpc) is 2.35. The average molecular weight is 265 g/mol. The minimum Gasteiger partial charge on any atom is -0.487 e. The maximum absolute atomic E-state index is 12.7. The molecule has 0 saturated heterocycles. The Hall–Kier alpha value is -1.30. The van der Waals surface area contributed by atoms with E-state index in [0.717, 1.165) is 5.56 Å². The summed E-state index contributed by atoms with van der Waals surface area (Å²) in [7, 11) is 1.75. The summed E-state index contributed by atoms with van der Waals surface area (Å²) >= 11 is 0. The summed E-state index contributed by atoms with van der Waals surface area (Å²) in [6, 6.07) is 6.43. The van der Waals surface area contributed by atoms with Crippen molar-refractivity contribution in [3.05, 3.63) is 29.8 Å². The highest BCUT2D eigenvalue weighted by Crippen LogP contribution is 2.25. The lowest BCUT2D eigenvalue weighted by molar-refractivity contribution is -0.148. The molecule has 1 aromatic carbocycles. The molecule has 0 heterocycles. The highest BCUT2D eigenvalue weighted by molar-refractivity contribution is 5.30. The van der Waals surface area contributed by atoms with Crippen molar-refractivity contribution in [3.8, 4) is 5.75 Å². The van der Waals surface area contributed by atoms with E-state index in [-0.39, 0.29) is 11.8 Å². The number of nitrogens with one attached hydrogen (secondary N) is 1. The SMILES string of the molecule is CNC(C)c1cccc(OCC(F)(F)C(F)F)c1. The second-order valence-electron chi connectivity index (χ2n) is 3.93. The quantitative estimate of drug-likeness (QED) is 0.797. The smallest absolute Gasteiger partial charge is 0.340 e. The number of benzene rings is 1. The fourth-order valence-electron chi connectivity index (χ4n) is 1.28. The third kappa shape index (κ3) is 3.87. The van der Waals surface area contributed by atoms with E-state index >= 15 is 0 Å². The van der Waals surface area contributed by atoms with Crippen LogP contribution < -0.4 is 10.1 Å². The van der Waals surface area contributed by atoms with Crippen molar-refractivity contribution in [3.63, 3.8) is 0 Å². The zero-order chi connectivity index (χ0) is 13.8. The van der Waals surface area contributed by atoms with Gasteiger partial charge in [0.1, 0.15) is 5.75 Å². The van der Waals surface area contributed by atoms with Crippen LogP contribution in [0.4, 0.5) is 17.6 Å². The van der Waals surface area contributed by atoms with Crippen molar-refractivity contribution in [2.75, 3.05) is 13.7 Å². The monoisotopic (exact) mass is 265 g/mol. The Morgan fingerprint density at radius 3 is 2.56 bits per heavy atom. The van der Waals surface area contributed by atoms with Crippen LogP contribution in [0, 0.1) is 0 Å². The molecule has 0 aliphatic heterocycles. The molecular formula is C12H15F4NO. The summed E-state index contributed by atoms with van der Waals surface area (Å²) in [5, 5.41) is 2.98. The number of hydrogen-bond donors (Lipinski definition) is 1. The van der Waals surface area contributed by atoms with Gasteiger partial charge in [0.15, 0.2) is 6.61 Å². The normalized spacial score (nSPS) is 13.7. The zero-order valence-corrected chi connectivity index (χ0v) is 10.1. The van der Waals surface area contributed by atoms with Crippen LogP contribution in [0.5, 0.6) is 5.75 Å². The van der Waals surface area contributed by atoms with Crippen LogP contribution >= 0.6 is 0 Å². The third-order valence-electron chi connectivity index (χ3n) is 2.54. The van der Waals surface area contributed by atoms with Crippen LogP contribution in [0.25, 0.3) is 0 Å². The molecule has 0 amide bonds. The van der Waals surface area contributed by atoms with E-state index in [1.807, 2.05) is 6.92 Å². The molecule has 0 saturated carbocycles. The van der Waals surface area contributed by atoms with E-state index in [0.29, 0.717) is 0 Å². The van der Waals surface area contributed by atoms with Gasteiger partial charge in [-0.05, 0) is 31.7 Å². The summed E-state index contributed by atoms with van der Waals surface area (Å²) in [5.74, 6) is -3.99. The summed E-state index contributed by atoms with van der Waals surface area (Å²) in [4.78, 5) is 0. The number of alkyl halides is 4. The topological polar surface area (TPSA) is 21.3 Å². The Morgan fingerprint density at radius 2 is 2.00 bits per heavy atom. The largest absolute Gasteiger partial charge is 0.487 e. The van der Waals surface area contributed by atoms with E-state index in [1.54, 1.807) is 25.2 Å². The van der Waals surface area contributed by atoms with Crippen LogP contribution in [-0.4, -0.2) is 26.0 Å². The van der Waals surface area contributed by atoms with Gasteiger partial charge in [-0.3, -0.25) is 0 Å². The molecule has 0 aromatic heterocycles. The predicted molar refractivity (Wildman–Crippen MR) is 60.4 cm³/mol. The minimum atomic E-state index is -4.13. The zero-order valence-electron chi connectivity index (χ0n) is 10.1. The molecule has 18 heavy (non-hydrogen) atoms. The molecule has 1 aromatic rings. The molecule has 1 N–H and O–H groups in total. The Balaban J connectivity index is 2.68. The summed E-state index contributed by atoms with van der Waals surface area (Å²) in [6.45, 7) is 0.551. The van der Waals surface area contributed by atoms with Gasteiger partial charge in [-0.2, -0.15) is 8.78 Å². The van der Waals surface area contributed by atoms with Gasteiger partial charge in [0.2, 0.25) is 0 Å². The molecule has 102 valence electrons. The summed E-state index contributed by atoms with van der Waals surface area (Å²) in [6.07, 6.45) is -3.73. The van der Waals surface area contributed by atoms with Crippen molar-refractivity contribution >= 4 is 0 Å². The van der Waals surface area contributed by atoms with Crippen molar-refractivity contribution in [2.45, 2.75) is 25.3 Å². The number of ether oxygens (including phenoxy) is 1. The molecule has 0 spiro atoms. The van der Waals surface area contributed by atoms with Crippen molar-refractivity contribution in [1.82, 2.24) is 5.32 Å². The fraction of sp³-hybridized carbons (Fsp3) is 0.500. The van der Waals surface area contributed by atoms with Crippen molar-refractivity contribution in [1.29, 1.82) is 0 Å². The second kappa shape index (κ2) is 6.04. The first kappa shape index (κ1) is 14.8. The molecule has 1 unspecified atom stereocenters. The summed E-state index contributed by atoms with van der Waals surface area (Å²) in [5.41, 5.74) is 0.829. The van der Waals surface area contributed by atoms with E-state index in [2.05, 4.69) is 5.32 Å². The van der Waals surface area contributed by atoms with Crippen LogP contribution in [0.2, 0.25) is 0 Å². The maximum atomic E-state index is 12.7. The lowest BCUT2D eigenvalue weighted by Crippen LogP contribution is -2.33. The van der Waals surface area contributed by atoms with Crippen LogP contribution in [-0.2, 0) is 0 Å². The fourth-order valence-corrected chi connectivity index (χ4v) is 1.28. The van der Waals surface area contributed by atoms with Gasteiger partial charge in [-0.25, -0.2) is 8.78 Å². The number of rotatable bonds is 6. The van der Waals surface area contributed by atoms with Crippen LogP contribution in [0.15, 0.2) is 24.3 Å². The molecule has 0 aliphatic carbocycles. The second-order valence-corrected chi connectivity index (χ2v) is 3.93. The molecule has 0 fully saturated rings. The van der Waals surface area contributed by atoms with Gasteiger partial charge in [0.05, 0.1) is 0 Å². The standard InChI is InChI=1S/C12H15F4NO/c1-8(17-2)9-4-3-5-10(6-9)18-7-12(15,16)11(13)14/h3-6,8,11,17H,7H2,1-2H3. The highest BCUT2D eigenvalue weighted by atomic mass is 19.3. The van der Waals surface area contributed by atoms with E-state index in [9.17, 15) is 17.6 Å². The lowest BCUT2D eigenvalue weighted by Gasteiger charge is -2.17. The first-order valence-electron chi connectivity index (χ1n) is 5.43. The minimum absolute atomic E-state index is 0.0177. The van der Waals surface area contributed by atoms with Gasteiger partial charge in [-0.1, -0.05) is 12.1 Å². The molecule has 0 aliphatic rings. The molecule has 0 bridgehead atoms. The van der Waals surface area contributed by atoms with Crippen LogP contribution in [0.3, 0.4) is 0 Å². The number of halogens is 4. The first-order valence-corrected chi connectivity index (χ1v) is 5.43. The predicted octanol–water partition coefficient (Wildman–Crippen LogP) is 3.25. The Bertz CT molecular complexity index is 384. The molecule has 1 atom stereocenters. The summed E-state index contributed by atoms with van der Waals surface area (Å²) < 4.78 is 53.9.